The maximum absolute atomic E-state index is 12.4. The lowest BCUT2D eigenvalue weighted by molar-refractivity contribution is -0.131. The van der Waals surface area contributed by atoms with Gasteiger partial charge in [-0.25, -0.2) is 0 Å². The quantitative estimate of drug-likeness (QED) is 0.374. The number of carbonyl (C=O) groups is 1. The maximum atomic E-state index is 12.4. The summed E-state index contributed by atoms with van der Waals surface area (Å²) >= 11 is 1.58. The highest BCUT2D eigenvalue weighted by Gasteiger charge is 2.27. The average molecular weight is 281 g/mol. The van der Waals surface area contributed by atoms with E-state index >= 15 is 0 Å². The van der Waals surface area contributed by atoms with Crippen molar-refractivity contribution in [2.75, 3.05) is 6.54 Å². The van der Waals surface area contributed by atoms with Crippen LogP contribution < -0.4 is 5.73 Å². The maximum Gasteiger partial charge on any atom is 0.228 e. The molecule has 3 N–H and O–H groups in total. The van der Waals surface area contributed by atoms with Crippen LogP contribution in [0.1, 0.15) is 30.6 Å². The molecule has 6 heteroatoms. The fourth-order valence-electron chi connectivity index (χ4n) is 2.51. The first-order chi connectivity index (χ1) is 9.20. The van der Waals surface area contributed by atoms with Crippen LogP contribution in [0.15, 0.2) is 22.7 Å². The van der Waals surface area contributed by atoms with Crippen LogP contribution in [0.5, 0.6) is 0 Å². The first kappa shape index (κ1) is 13.9. The van der Waals surface area contributed by atoms with E-state index in [0.29, 0.717) is 6.42 Å². The third-order valence-corrected chi connectivity index (χ3v) is 4.33. The third kappa shape index (κ3) is 3.70. The smallest absolute Gasteiger partial charge is 0.228 e. The molecule has 1 saturated carbocycles. The summed E-state index contributed by atoms with van der Waals surface area (Å²) in [5.74, 6) is 0.146. The summed E-state index contributed by atoms with van der Waals surface area (Å²) < 4.78 is 0. The van der Waals surface area contributed by atoms with Gasteiger partial charge in [0.05, 0.1) is 13.0 Å². The Bertz CT molecular complexity index is 439. The first-order valence-corrected chi connectivity index (χ1v) is 7.37. The second kappa shape index (κ2) is 6.56. The highest BCUT2D eigenvalue weighted by molar-refractivity contribution is 7.10. The Morgan fingerprint density at radius 1 is 1.53 bits per heavy atom. The molecule has 1 fully saturated rings. The van der Waals surface area contributed by atoms with E-state index in [1.54, 1.807) is 16.2 Å². The minimum absolute atomic E-state index is 0.0564. The Balaban J connectivity index is 2.04. The first-order valence-electron chi connectivity index (χ1n) is 6.49. The standard InChI is InChI=1S/C13H19N3O2S/c14-12(15-18)9-16(10-4-1-2-5-10)13(17)8-11-6-3-7-19-11/h3,6-7,10,18H,1-2,4-5,8-9H2,(H2,14,15). The molecule has 5 nitrogen and oxygen atoms in total. The van der Waals surface area contributed by atoms with E-state index in [1.807, 2.05) is 17.5 Å². The summed E-state index contributed by atoms with van der Waals surface area (Å²) in [4.78, 5) is 15.2. The second-order valence-electron chi connectivity index (χ2n) is 4.81. The van der Waals surface area contributed by atoms with Crippen LogP contribution in [-0.4, -0.2) is 34.4 Å². The van der Waals surface area contributed by atoms with E-state index in [2.05, 4.69) is 5.16 Å². The van der Waals surface area contributed by atoms with Gasteiger partial charge in [0.15, 0.2) is 5.84 Å². The third-order valence-electron chi connectivity index (χ3n) is 3.45. The Hall–Kier alpha value is -1.56. The lowest BCUT2D eigenvalue weighted by atomic mass is 10.2. The fraction of sp³-hybridized carbons (Fsp3) is 0.538. The number of hydrogen-bond donors (Lipinski definition) is 2. The summed E-state index contributed by atoms with van der Waals surface area (Å²) in [5.41, 5.74) is 5.56. The van der Waals surface area contributed by atoms with E-state index in [4.69, 9.17) is 10.9 Å². The lowest BCUT2D eigenvalue weighted by Crippen LogP contribution is -2.44. The number of nitrogens with two attached hydrogens (primary N) is 1. The monoisotopic (exact) mass is 281 g/mol. The van der Waals surface area contributed by atoms with E-state index in [1.165, 1.54) is 0 Å². The van der Waals surface area contributed by atoms with Gasteiger partial charge in [-0.05, 0) is 24.3 Å². The van der Waals surface area contributed by atoms with E-state index in [0.717, 1.165) is 30.6 Å². The highest BCUT2D eigenvalue weighted by atomic mass is 32.1. The molecule has 0 radical (unpaired) electrons. The Kier molecular flexibility index (Phi) is 4.79. The van der Waals surface area contributed by atoms with Crippen molar-refractivity contribution in [1.29, 1.82) is 0 Å². The van der Waals surface area contributed by atoms with Crippen LogP contribution in [0.4, 0.5) is 0 Å². The summed E-state index contributed by atoms with van der Waals surface area (Å²) in [7, 11) is 0. The molecule has 0 aromatic carbocycles. The van der Waals surface area contributed by atoms with Gasteiger partial charge >= 0.3 is 0 Å². The van der Waals surface area contributed by atoms with Crippen molar-refractivity contribution in [2.24, 2.45) is 10.9 Å². The molecule has 0 aliphatic heterocycles. The van der Waals surface area contributed by atoms with Crippen molar-refractivity contribution in [3.63, 3.8) is 0 Å². The molecule has 0 atom stereocenters. The number of amidine groups is 1. The van der Waals surface area contributed by atoms with Crippen LogP contribution in [0, 0.1) is 0 Å². The normalized spacial score (nSPS) is 16.7. The molecule has 0 spiro atoms. The summed E-state index contributed by atoms with van der Waals surface area (Å²) in [5, 5.41) is 13.6. The number of carbonyl (C=O) groups excluding carboxylic acids is 1. The van der Waals surface area contributed by atoms with Gasteiger partial charge in [-0.15, -0.1) is 11.3 Å². The predicted molar refractivity (Wildman–Crippen MR) is 75.4 cm³/mol. The number of rotatable bonds is 5. The van der Waals surface area contributed by atoms with Crippen LogP contribution in [0.2, 0.25) is 0 Å². The predicted octanol–water partition coefficient (Wildman–Crippen LogP) is 1.81. The summed E-state index contributed by atoms with van der Waals surface area (Å²) in [6.45, 7) is 0.214. The zero-order valence-electron chi connectivity index (χ0n) is 10.8. The molecular formula is C13H19N3O2S. The zero-order valence-corrected chi connectivity index (χ0v) is 11.6. The fourth-order valence-corrected chi connectivity index (χ4v) is 3.20. The zero-order chi connectivity index (χ0) is 13.7. The molecule has 0 unspecified atom stereocenters. The van der Waals surface area contributed by atoms with E-state index < -0.39 is 0 Å². The largest absolute Gasteiger partial charge is 0.409 e. The van der Waals surface area contributed by atoms with Crippen LogP contribution >= 0.6 is 11.3 Å². The van der Waals surface area contributed by atoms with Crippen molar-refractivity contribution in [2.45, 2.75) is 38.1 Å². The molecule has 1 aliphatic rings. The van der Waals surface area contributed by atoms with E-state index in [-0.39, 0.29) is 24.3 Å². The molecular weight excluding hydrogens is 262 g/mol. The lowest BCUT2D eigenvalue weighted by Gasteiger charge is -2.28. The van der Waals surface area contributed by atoms with Gasteiger partial charge in [-0.2, -0.15) is 0 Å². The van der Waals surface area contributed by atoms with Gasteiger partial charge in [0, 0.05) is 10.9 Å². The molecule has 1 aromatic heterocycles. The van der Waals surface area contributed by atoms with Crippen molar-refractivity contribution in [1.82, 2.24) is 4.90 Å². The van der Waals surface area contributed by atoms with E-state index in [9.17, 15) is 4.79 Å². The van der Waals surface area contributed by atoms with Crippen LogP contribution in [0.3, 0.4) is 0 Å². The van der Waals surface area contributed by atoms with Gasteiger partial charge in [0.1, 0.15) is 0 Å². The molecule has 1 aromatic rings. The minimum Gasteiger partial charge on any atom is -0.409 e. The second-order valence-corrected chi connectivity index (χ2v) is 5.84. The number of amides is 1. The molecule has 19 heavy (non-hydrogen) atoms. The molecule has 0 saturated heterocycles. The number of thiophene rings is 1. The number of oxime groups is 1. The molecule has 1 aliphatic carbocycles. The van der Waals surface area contributed by atoms with Crippen LogP contribution in [-0.2, 0) is 11.2 Å². The van der Waals surface area contributed by atoms with Gasteiger partial charge in [0.2, 0.25) is 5.91 Å². The number of nitrogens with zero attached hydrogens (tertiary/aromatic N) is 2. The van der Waals surface area contributed by atoms with Crippen molar-refractivity contribution < 1.29 is 10.0 Å². The Morgan fingerprint density at radius 3 is 2.84 bits per heavy atom. The van der Waals surface area contributed by atoms with Gasteiger partial charge in [0.25, 0.3) is 0 Å². The van der Waals surface area contributed by atoms with Gasteiger partial charge in [-0.1, -0.05) is 24.1 Å². The van der Waals surface area contributed by atoms with Crippen LogP contribution in [0.25, 0.3) is 0 Å². The van der Waals surface area contributed by atoms with Gasteiger partial charge < -0.3 is 15.8 Å². The Labute approximate surface area is 116 Å². The number of hydrogen-bond acceptors (Lipinski definition) is 4. The highest BCUT2D eigenvalue weighted by Crippen LogP contribution is 2.24. The molecule has 104 valence electrons. The topological polar surface area (TPSA) is 78.9 Å². The molecule has 1 amide bonds. The van der Waals surface area contributed by atoms with Crippen molar-refractivity contribution in [3.05, 3.63) is 22.4 Å². The average Bonchev–Trinajstić information content (AvgIpc) is 3.08. The van der Waals surface area contributed by atoms with Crippen molar-refractivity contribution >= 4 is 23.1 Å². The molecule has 1 heterocycles. The summed E-state index contributed by atoms with van der Waals surface area (Å²) in [6.07, 6.45) is 4.70. The van der Waals surface area contributed by atoms with Crippen molar-refractivity contribution in [3.8, 4) is 0 Å². The minimum atomic E-state index is 0.0564. The molecule has 0 bridgehead atoms. The molecule has 2 rings (SSSR count). The Morgan fingerprint density at radius 2 is 2.26 bits per heavy atom. The van der Waals surface area contributed by atoms with Gasteiger partial charge in [-0.3, -0.25) is 4.79 Å². The summed E-state index contributed by atoms with van der Waals surface area (Å²) in [6, 6.07) is 4.13. The SMILES string of the molecule is NC(CN(C(=O)Cc1cccs1)C1CCCC1)=NO.